The smallest absolute Gasteiger partial charge is 0.198 e. The Bertz CT molecular complexity index is 112. The summed E-state index contributed by atoms with van der Waals surface area (Å²) in [5.41, 5.74) is 0. The number of rotatable bonds is 2. The Labute approximate surface area is 57.6 Å². The summed E-state index contributed by atoms with van der Waals surface area (Å²) >= 11 is 0. The fourth-order valence-electron chi connectivity index (χ4n) is 0.204. The zero-order valence-electron chi connectivity index (χ0n) is 5.54. The van der Waals surface area contributed by atoms with Gasteiger partial charge in [0.25, 0.3) is 0 Å². The SMILES string of the molecule is C=CCCC.N[SH](=O)=O. The van der Waals surface area contributed by atoms with E-state index in [2.05, 4.69) is 18.6 Å². The number of hydrogen-bond acceptors (Lipinski definition) is 2. The topological polar surface area (TPSA) is 60.2 Å². The molecule has 0 saturated heterocycles. The number of nitrogens with two attached hydrogens (primary N) is 1. The van der Waals surface area contributed by atoms with Crippen LogP contribution in [-0.4, -0.2) is 8.42 Å². The minimum Gasteiger partial charge on any atom is -0.231 e. The molecule has 9 heavy (non-hydrogen) atoms. The van der Waals surface area contributed by atoms with Gasteiger partial charge >= 0.3 is 0 Å². The van der Waals surface area contributed by atoms with Crippen LogP contribution in [0.3, 0.4) is 0 Å². The summed E-state index contributed by atoms with van der Waals surface area (Å²) < 4.78 is 17.6. The third-order valence-corrected chi connectivity index (χ3v) is 0.493. The lowest BCUT2D eigenvalue weighted by Crippen LogP contribution is -1.85. The van der Waals surface area contributed by atoms with Gasteiger partial charge in [0.15, 0.2) is 10.9 Å². The first-order valence-electron chi connectivity index (χ1n) is 2.65. The van der Waals surface area contributed by atoms with Crippen molar-refractivity contribution >= 4 is 10.9 Å². The van der Waals surface area contributed by atoms with Crippen molar-refractivity contribution in [2.75, 3.05) is 0 Å². The van der Waals surface area contributed by atoms with Crippen molar-refractivity contribution in [3.63, 3.8) is 0 Å². The first-order valence-corrected chi connectivity index (χ1v) is 3.89. The number of thiol groups is 1. The monoisotopic (exact) mass is 151 g/mol. The highest BCUT2D eigenvalue weighted by molar-refractivity contribution is 7.69. The Morgan fingerprint density at radius 3 is 2.00 bits per heavy atom. The molecule has 0 amide bonds. The molecule has 0 rings (SSSR count). The maximum absolute atomic E-state index is 8.81. The fraction of sp³-hybridized carbons (Fsp3) is 0.600. The molecule has 0 aliphatic carbocycles. The van der Waals surface area contributed by atoms with Crippen LogP contribution >= 0.6 is 0 Å². The zero-order chi connectivity index (χ0) is 7.70. The summed E-state index contributed by atoms with van der Waals surface area (Å²) in [6, 6.07) is 0. The van der Waals surface area contributed by atoms with Crippen LogP contribution in [0.1, 0.15) is 19.8 Å². The first kappa shape index (κ1) is 11.4. The molecule has 2 N–H and O–H groups in total. The molecule has 0 unspecified atom stereocenters. The van der Waals surface area contributed by atoms with Gasteiger partial charge in [-0.3, -0.25) is 0 Å². The van der Waals surface area contributed by atoms with Crippen molar-refractivity contribution in [1.29, 1.82) is 0 Å². The highest BCUT2D eigenvalue weighted by atomic mass is 32.2. The van der Waals surface area contributed by atoms with Gasteiger partial charge in [-0.25, -0.2) is 13.6 Å². The molecule has 0 saturated carbocycles. The minimum absolute atomic E-state index is 1.15. The predicted octanol–water partition coefficient (Wildman–Crippen LogP) is 0.444. The molecule has 0 atom stereocenters. The van der Waals surface area contributed by atoms with Gasteiger partial charge in [0.2, 0.25) is 0 Å². The molecule has 0 aliphatic rings. The molecule has 0 heterocycles. The van der Waals surface area contributed by atoms with Crippen LogP contribution in [0.4, 0.5) is 0 Å². The number of unbranched alkanes of at least 4 members (excludes halogenated alkanes) is 1. The van der Waals surface area contributed by atoms with Gasteiger partial charge in [-0.15, -0.1) is 6.58 Å². The molecule has 0 spiro atoms. The van der Waals surface area contributed by atoms with Gasteiger partial charge in [-0.05, 0) is 6.42 Å². The van der Waals surface area contributed by atoms with Crippen LogP contribution in [0.15, 0.2) is 12.7 Å². The van der Waals surface area contributed by atoms with Crippen molar-refractivity contribution in [3.05, 3.63) is 12.7 Å². The average Bonchev–Trinajstić information content (AvgIpc) is 1.66. The molecule has 56 valence electrons. The summed E-state index contributed by atoms with van der Waals surface area (Å²) in [7, 11) is -2.62. The van der Waals surface area contributed by atoms with Crippen LogP contribution in [-0.2, 0) is 10.9 Å². The van der Waals surface area contributed by atoms with Crippen LogP contribution in [0, 0.1) is 0 Å². The normalized spacial score (nSPS) is 7.89. The number of allylic oxidation sites excluding steroid dienone is 1. The molecule has 0 radical (unpaired) electrons. The lowest BCUT2D eigenvalue weighted by atomic mass is 10.3. The first-order chi connectivity index (χ1) is 4.15. The van der Waals surface area contributed by atoms with Crippen LogP contribution in [0.5, 0.6) is 0 Å². The third-order valence-electron chi connectivity index (χ3n) is 0.493. The highest BCUT2D eigenvalue weighted by Gasteiger charge is 1.61. The van der Waals surface area contributed by atoms with Gasteiger partial charge < -0.3 is 0 Å². The summed E-state index contributed by atoms with van der Waals surface area (Å²) in [6.07, 6.45) is 4.31. The number of hydrogen-bond donors (Lipinski definition) is 2. The molecule has 4 heteroatoms. The fourth-order valence-corrected chi connectivity index (χ4v) is 0.204. The maximum Gasteiger partial charge on any atom is 0.198 e. The second kappa shape index (κ2) is 10.6. The Balaban J connectivity index is 0. The van der Waals surface area contributed by atoms with Gasteiger partial charge in [-0.1, -0.05) is 19.4 Å². The van der Waals surface area contributed by atoms with Crippen molar-refractivity contribution in [2.45, 2.75) is 19.8 Å². The Morgan fingerprint density at radius 2 is 2.00 bits per heavy atom. The molecule has 0 aromatic heterocycles. The second-order valence-electron chi connectivity index (χ2n) is 1.36. The molecule has 0 fully saturated rings. The lowest BCUT2D eigenvalue weighted by Gasteiger charge is -1.72. The Morgan fingerprint density at radius 1 is 1.67 bits per heavy atom. The summed E-state index contributed by atoms with van der Waals surface area (Å²) in [5, 5.41) is 4.06. The molecule has 0 bridgehead atoms. The van der Waals surface area contributed by atoms with E-state index >= 15 is 0 Å². The summed E-state index contributed by atoms with van der Waals surface area (Å²) in [5.74, 6) is 0. The van der Waals surface area contributed by atoms with Crippen LogP contribution in [0.25, 0.3) is 0 Å². The van der Waals surface area contributed by atoms with Crippen LogP contribution in [0.2, 0.25) is 0 Å². The molecular formula is C5H13NO2S. The largest absolute Gasteiger partial charge is 0.231 e. The Kier molecular flexibility index (Phi) is 13.5. The van der Waals surface area contributed by atoms with E-state index in [4.69, 9.17) is 8.42 Å². The van der Waals surface area contributed by atoms with E-state index in [0.717, 1.165) is 6.42 Å². The second-order valence-corrected chi connectivity index (χ2v) is 1.93. The van der Waals surface area contributed by atoms with E-state index in [1.807, 2.05) is 6.08 Å². The van der Waals surface area contributed by atoms with E-state index in [1.165, 1.54) is 6.42 Å². The zero-order valence-corrected chi connectivity index (χ0v) is 6.43. The van der Waals surface area contributed by atoms with Gasteiger partial charge in [0, 0.05) is 0 Å². The molecule has 0 aromatic rings. The summed E-state index contributed by atoms with van der Waals surface area (Å²) in [4.78, 5) is 0. The maximum atomic E-state index is 8.81. The van der Waals surface area contributed by atoms with E-state index in [9.17, 15) is 0 Å². The lowest BCUT2D eigenvalue weighted by molar-refractivity contribution is 0.616. The van der Waals surface area contributed by atoms with E-state index in [-0.39, 0.29) is 0 Å². The highest BCUT2D eigenvalue weighted by Crippen LogP contribution is 1.82. The van der Waals surface area contributed by atoms with Crippen LogP contribution < -0.4 is 5.14 Å². The molecule has 0 aromatic carbocycles. The van der Waals surface area contributed by atoms with Crippen molar-refractivity contribution in [2.24, 2.45) is 5.14 Å². The average molecular weight is 151 g/mol. The van der Waals surface area contributed by atoms with Gasteiger partial charge in [-0.2, -0.15) is 0 Å². The van der Waals surface area contributed by atoms with E-state index in [1.54, 1.807) is 0 Å². The minimum atomic E-state index is -2.62. The molecular weight excluding hydrogens is 138 g/mol. The standard InChI is InChI=1S/C5H10.H3NO2S/c1-3-5-4-2;1-4(2)3/h3H,1,4-5H2,2H3;4H,(H2,1,2,3). The van der Waals surface area contributed by atoms with Crippen molar-refractivity contribution < 1.29 is 8.42 Å². The van der Waals surface area contributed by atoms with Gasteiger partial charge in [0.05, 0.1) is 0 Å². The van der Waals surface area contributed by atoms with E-state index in [0.29, 0.717) is 0 Å². The van der Waals surface area contributed by atoms with Crippen molar-refractivity contribution in [1.82, 2.24) is 0 Å². The third kappa shape index (κ3) is 89.7. The molecule has 0 aliphatic heterocycles. The predicted molar refractivity (Wildman–Crippen MR) is 39.6 cm³/mol. The Hall–Kier alpha value is -0.350. The van der Waals surface area contributed by atoms with E-state index < -0.39 is 10.9 Å². The van der Waals surface area contributed by atoms with Gasteiger partial charge in [0.1, 0.15) is 0 Å². The summed E-state index contributed by atoms with van der Waals surface area (Å²) in [6.45, 7) is 5.69. The van der Waals surface area contributed by atoms with Crippen molar-refractivity contribution in [3.8, 4) is 0 Å². The quantitative estimate of drug-likeness (QED) is 0.444. The molecule has 3 nitrogen and oxygen atoms in total.